The summed E-state index contributed by atoms with van der Waals surface area (Å²) < 4.78 is 10.2. The summed E-state index contributed by atoms with van der Waals surface area (Å²) in [6, 6.07) is 7.54. The number of likely N-dealkylation sites (N-methyl/N-ethyl adjacent to an activating group) is 1. The van der Waals surface area contributed by atoms with Gasteiger partial charge in [-0.05, 0) is 38.1 Å². The van der Waals surface area contributed by atoms with Crippen LogP contribution < -0.4 is 10.2 Å². The fourth-order valence-electron chi connectivity index (χ4n) is 2.60. The maximum atomic E-state index is 12.1. The number of benzene rings is 1. The number of ether oxygens (including phenoxy) is 2. The Morgan fingerprint density at radius 3 is 2.43 bits per heavy atom. The van der Waals surface area contributed by atoms with Crippen molar-refractivity contribution in [3.8, 4) is 0 Å². The molecule has 28 heavy (non-hydrogen) atoms. The Morgan fingerprint density at radius 1 is 1.18 bits per heavy atom. The summed E-state index contributed by atoms with van der Waals surface area (Å²) in [4.78, 5) is 39.0. The van der Waals surface area contributed by atoms with E-state index in [-0.39, 0.29) is 12.5 Å². The summed E-state index contributed by atoms with van der Waals surface area (Å²) in [5.74, 6) is -1.36. The van der Waals surface area contributed by atoms with Crippen molar-refractivity contribution in [3.05, 3.63) is 35.9 Å². The molecule has 2 amide bonds. The van der Waals surface area contributed by atoms with Crippen molar-refractivity contribution in [2.24, 2.45) is 0 Å². The molecule has 8 heteroatoms. The molecule has 2 rings (SSSR count). The van der Waals surface area contributed by atoms with Gasteiger partial charge in [-0.1, -0.05) is 5.57 Å². The van der Waals surface area contributed by atoms with Gasteiger partial charge in [0, 0.05) is 37.6 Å². The molecule has 1 heterocycles. The Bertz CT molecular complexity index is 720. The number of amides is 2. The Balaban J connectivity index is 1.78. The molecular weight excluding hydrogens is 362 g/mol. The normalized spacial score (nSPS) is 13.5. The van der Waals surface area contributed by atoms with Crippen molar-refractivity contribution in [2.45, 2.75) is 13.8 Å². The van der Waals surface area contributed by atoms with Gasteiger partial charge < -0.3 is 24.6 Å². The number of esters is 1. The Kier molecular flexibility index (Phi) is 8.01. The number of carbonyl (C=O) groups is 3. The number of anilines is 2. The first-order valence-corrected chi connectivity index (χ1v) is 9.13. The Hall–Kier alpha value is -2.87. The lowest BCUT2D eigenvalue weighted by molar-refractivity contribution is -0.148. The number of hydrogen-bond acceptors (Lipinski definition) is 6. The minimum atomic E-state index is -0.577. The summed E-state index contributed by atoms with van der Waals surface area (Å²) in [6.07, 6.45) is 1.31. The molecule has 1 aromatic rings. The summed E-state index contributed by atoms with van der Waals surface area (Å²) in [6.45, 7) is 6.09. The van der Waals surface area contributed by atoms with Crippen LogP contribution in [0, 0.1) is 0 Å². The van der Waals surface area contributed by atoms with Crippen molar-refractivity contribution in [2.75, 3.05) is 56.7 Å². The molecule has 0 aromatic heterocycles. The summed E-state index contributed by atoms with van der Waals surface area (Å²) in [5.41, 5.74) is 2.51. The van der Waals surface area contributed by atoms with Gasteiger partial charge in [-0.2, -0.15) is 0 Å². The largest absolute Gasteiger partial charge is 0.452 e. The quantitative estimate of drug-likeness (QED) is 0.561. The number of nitrogens with one attached hydrogen (secondary N) is 1. The number of nitrogens with zero attached hydrogens (tertiary/aromatic N) is 2. The molecule has 1 saturated heterocycles. The maximum Gasteiger partial charge on any atom is 0.331 e. The van der Waals surface area contributed by atoms with E-state index in [0.29, 0.717) is 18.9 Å². The van der Waals surface area contributed by atoms with Crippen molar-refractivity contribution in [1.29, 1.82) is 0 Å². The monoisotopic (exact) mass is 389 g/mol. The highest BCUT2D eigenvalue weighted by Gasteiger charge is 2.15. The predicted octanol–water partition coefficient (Wildman–Crippen LogP) is 1.43. The van der Waals surface area contributed by atoms with Crippen LogP contribution >= 0.6 is 0 Å². The first-order valence-electron chi connectivity index (χ1n) is 9.13. The van der Waals surface area contributed by atoms with Crippen LogP contribution in [0.1, 0.15) is 13.8 Å². The molecule has 1 aliphatic rings. The minimum Gasteiger partial charge on any atom is -0.452 e. The molecular formula is C20H27N3O5. The number of rotatable bonds is 7. The maximum absolute atomic E-state index is 12.1. The van der Waals surface area contributed by atoms with Crippen LogP contribution in [-0.4, -0.2) is 69.2 Å². The first-order chi connectivity index (χ1) is 13.3. The van der Waals surface area contributed by atoms with Crippen LogP contribution in [0.5, 0.6) is 0 Å². The zero-order valence-corrected chi connectivity index (χ0v) is 16.6. The van der Waals surface area contributed by atoms with E-state index >= 15 is 0 Å². The van der Waals surface area contributed by atoms with Crippen molar-refractivity contribution in [1.82, 2.24) is 4.90 Å². The summed E-state index contributed by atoms with van der Waals surface area (Å²) in [5, 5.41) is 2.76. The highest BCUT2D eigenvalue weighted by atomic mass is 16.5. The first kappa shape index (κ1) is 21.4. The molecule has 0 spiro atoms. The van der Waals surface area contributed by atoms with Crippen LogP contribution in [0.3, 0.4) is 0 Å². The lowest BCUT2D eigenvalue weighted by atomic mass is 10.2. The van der Waals surface area contributed by atoms with E-state index in [1.807, 2.05) is 24.3 Å². The number of hydrogen-bond donors (Lipinski definition) is 1. The third kappa shape index (κ3) is 7.03. The zero-order chi connectivity index (χ0) is 20.5. The minimum absolute atomic E-state index is 0.135. The summed E-state index contributed by atoms with van der Waals surface area (Å²) in [7, 11) is 1.48. The molecule has 0 atom stereocenters. The molecule has 0 bridgehead atoms. The van der Waals surface area contributed by atoms with Crippen LogP contribution in [0.25, 0.3) is 0 Å². The number of carbonyl (C=O) groups excluding carboxylic acids is 3. The number of morpholine rings is 1. The topological polar surface area (TPSA) is 88.2 Å². The second-order valence-corrected chi connectivity index (χ2v) is 6.77. The van der Waals surface area contributed by atoms with E-state index in [9.17, 15) is 14.4 Å². The molecule has 1 aromatic carbocycles. The molecule has 1 fully saturated rings. The van der Waals surface area contributed by atoms with Gasteiger partial charge in [0.25, 0.3) is 5.91 Å². The fourth-order valence-corrected chi connectivity index (χ4v) is 2.60. The van der Waals surface area contributed by atoms with Gasteiger partial charge in [0.05, 0.1) is 19.8 Å². The molecule has 8 nitrogen and oxygen atoms in total. The Morgan fingerprint density at radius 2 is 1.82 bits per heavy atom. The number of allylic oxidation sites excluding steroid dienone is 1. The van der Waals surface area contributed by atoms with E-state index in [1.165, 1.54) is 18.0 Å². The van der Waals surface area contributed by atoms with E-state index in [4.69, 9.17) is 9.47 Å². The second-order valence-electron chi connectivity index (χ2n) is 6.77. The smallest absolute Gasteiger partial charge is 0.331 e. The van der Waals surface area contributed by atoms with Gasteiger partial charge >= 0.3 is 5.97 Å². The average Bonchev–Trinajstić information content (AvgIpc) is 2.66. The SMILES string of the molecule is CC(C)=CC(=O)OCC(=O)N(C)CC(=O)Nc1ccc(N2CCOCC2)cc1. The lowest BCUT2D eigenvalue weighted by Crippen LogP contribution is -2.37. The highest BCUT2D eigenvalue weighted by Crippen LogP contribution is 2.19. The van der Waals surface area contributed by atoms with Crippen LogP contribution in [0.2, 0.25) is 0 Å². The zero-order valence-electron chi connectivity index (χ0n) is 16.6. The van der Waals surface area contributed by atoms with Gasteiger partial charge in [0.2, 0.25) is 5.91 Å². The van der Waals surface area contributed by atoms with Crippen molar-refractivity contribution < 1.29 is 23.9 Å². The van der Waals surface area contributed by atoms with E-state index in [0.717, 1.165) is 24.4 Å². The van der Waals surface area contributed by atoms with Gasteiger partial charge in [-0.3, -0.25) is 9.59 Å². The van der Waals surface area contributed by atoms with Gasteiger partial charge in [0.15, 0.2) is 6.61 Å². The van der Waals surface area contributed by atoms with Crippen molar-refractivity contribution in [3.63, 3.8) is 0 Å². The second kappa shape index (κ2) is 10.5. The molecule has 0 radical (unpaired) electrons. The standard InChI is InChI=1S/C20H27N3O5/c1-15(2)12-20(26)28-14-19(25)22(3)13-18(24)21-16-4-6-17(7-5-16)23-8-10-27-11-9-23/h4-7,12H,8-11,13-14H2,1-3H3,(H,21,24). The molecule has 1 N–H and O–H groups in total. The van der Waals surface area contributed by atoms with Crippen LogP contribution in [-0.2, 0) is 23.9 Å². The molecule has 0 unspecified atom stereocenters. The van der Waals surface area contributed by atoms with E-state index in [2.05, 4.69) is 10.2 Å². The summed E-state index contributed by atoms with van der Waals surface area (Å²) >= 11 is 0. The predicted molar refractivity (Wildman–Crippen MR) is 106 cm³/mol. The van der Waals surface area contributed by atoms with E-state index < -0.39 is 18.5 Å². The highest BCUT2D eigenvalue weighted by molar-refractivity contribution is 5.95. The van der Waals surface area contributed by atoms with E-state index in [1.54, 1.807) is 13.8 Å². The van der Waals surface area contributed by atoms with Crippen LogP contribution in [0.15, 0.2) is 35.9 Å². The van der Waals surface area contributed by atoms with Gasteiger partial charge in [0.1, 0.15) is 0 Å². The molecule has 0 aliphatic carbocycles. The lowest BCUT2D eigenvalue weighted by Gasteiger charge is -2.28. The Labute approximate surface area is 165 Å². The van der Waals surface area contributed by atoms with Crippen LogP contribution in [0.4, 0.5) is 11.4 Å². The molecule has 1 aliphatic heterocycles. The molecule has 0 saturated carbocycles. The van der Waals surface area contributed by atoms with Gasteiger partial charge in [-0.25, -0.2) is 4.79 Å². The third-order valence-electron chi connectivity index (χ3n) is 4.08. The molecule has 152 valence electrons. The fraction of sp³-hybridized carbons (Fsp3) is 0.450. The van der Waals surface area contributed by atoms with Crippen molar-refractivity contribution >= 4 is 29.2 Å². The average molecular weight is 389 g/mol. The van der Waals surface area contributed by atoms with Gasteiger partial charge in [-0.15, -0.1) is 0 Å². The third-order valence-corrected chi connectivity index (χ3v) is 4.08.